The van der Waals surface area contributed by atoms with Crippen LogP contribution in [0.25, 0.3) is 0 Å². The molecule has 1 aliphatic carbocycles. The molecular weight excluding hydrogens is 330 g/mol. The number of amides is 2. The third-order valence-electron chi connectivity index (χ3n) is 5.05. The van der Waals surface area contributed by atoms with Crippen LogP contribution in [-0.4, -0.2) is 41.6 Å². The van der Waals surface area contributed by atoms with Gasteiger partial charge in [-0.25, -0.2) is 4.79 Å². The summed E-state index contributed by atoms with van der Waals surface area (Å²) in [4.78, 5) is 26.3. The van der Waals surface area contributed by atoms with Crippen LogP contribution in [0.2, 0.25) is 0 Å². The minimum atomic E-state index is -0.643. The molecule has 26 heavy (non-hydrogen) atoms. The number of carbonyl (C=O) groups is 2. The summed E-state index contributed by atoms with van der Waals surface area (Å²) in [6.07, 6.45) is 3.73. The van der Waals surface area contributed by atoms with E-state index in [1.165, 1.54) is 17.5 Å². The Labute approximate surface area is 155 Å². The van der Waals surface area contributed by atoms with Crippen molar-refractivity contribution >= 4 is 17.7 Å². The Hall–Kier alpha value is -2.08. The molecule has 2 amide bonds. The van der Waals surface area contributed by atoms with Gasteiger partial charge in [-0.2, -0.15) is 0 Å². The zero-order chi connectivity index (χ0) is 18.9. The van der Waals surface area contributed by atoms with Gasteiger partial charge >= 0.3 is 6.09 Å². The number of hydrogen-bond acceptors (Lipinski definition) is 4. The highest BCUT2D eigenvalue weighted by atomic mass is 16.6. The SMILES string of the molecule is CC(C)(C)OC(=O)N1CCC(C(N)C(=O)Nc2ccc3c(c2)CCC3)C1. The predicted molar refractivity (Wildman–Crippen MR) is 101 cm³/mol. The number of aryl methyl sites for hydroxylation is 2. The Morgan fingerprint density at radius 3 is 2.73 bits per heavy atom. The lowest BCUT2D eigenvalue weighted by atomic mass is 9.99. The number of nitrogens with one attached hydrogen (secondary N) is 1. The molecule has 0 radical (unpaired) electrons. The van der Waals surface area contributed by atoms with Crippen molar-refractivity contribution < 1.29 is 14.3 Å². The zero-order valence-corrected chi connectivity index (χ0v) is 15.9. The molecule has 0 saturated carbocycles. The molecule has 2 unspecified atom stereocenters. The van der Waals surface area contributed by atoms with Crippen molar-refractivity contribution in [2.75, 3.05) is 18.4 Å². The van der Waals surface area contributed by atoms with Crippen molar-refractivity contribution in [1.82, 2.24) is 4.90 Å². The highest BCUT2D eigenvalue weighted by molar-refractivity contribution is 5.95. The van der Waals surface area contributed by atoms with Gasteiger partial charge in [0, 0.05) is 24.7 Å². The monoisotopic (exact) mass is 359 g/mol. The third-order valence-corrected chi connectivity index (χ3v) is 5.05. The lowest BCUT2D eigenvalue weighted by molar-refractivity contribution is -0.118. The van der Waals surface area contributed by atoms with Crippen LogP contribution in [0.15, 0.2) is 18.2 Å². The number of nitrogens with zero attached hydrogens (tertiary/aromatic N) is 1. The number of nitrogens with two attached hydrogens (primary N) is 1. The molecule has 1 aliphatic heterocycles. The van der Waals surface area contributed by atoms with Crippen LogP contribution in [0, 0.1) is 5.92 Å². The van der Waals surface area contributed by atoms with Crippen LogP contribution >= 0.6 is 0 Å². The molecule has 0 spiro atoms. The minimum absolute atomic E-state index is 0.0584. The van der Waals surface area contributed by atoms with Crippen LogP contribution < -0.4 is 11.1 Å². The van der Waals surface area contributed by atoms with Crippen LogP contribution in [0.3, 0.4) is 0 Å². The molecule has 3 N–H and O–H groups in total. The number of benzene rings is 1. The molecule has 1 fully saturated rings. The number of carbonyl (C=O) groups excluding carboxylic acids is 2. The number of likely N-dealkylation sites (tertiary alicyclic amines) is 1. The van der Waals surface area contributed by atoms with Crippen molar-refractivity contribution in [2.24, 2.45) is 11.7 Å². The molecule has 0 bridgehead atoms. The Bertz CT molecular complexity index is 696. The molecule has 3 rings (SSSR count). The fourth-order valence-electron chi connectivity index (χ4n) is 3.66. The molecule has 1 heterocycles. The van der Waals surface area contributed by atoms with E-state index in [1.54, 1.807) is 4.90 Å². The first-order chi connectivity index (χ1) is 12.2. The van der Waals surface area contributed by atoms with E-state index < -0.39 is 11.6 Å². The van der Waals surface area contributed by atoms with E-state index >= 15 is 0 Å². The van der Waals surface area contributed by atoms with E-state index in [0.29, 0.717) is 19.5 Å². The molecule has 2 atom stereocenters. The molecule has 1 aromatic carbocycles. The second kappa shape index (κ2) is 7.27. The Morgan fingerprint density at radius 2 is 2.00 bits per heavy atom. The summed E-state index contributed by atoms with van der Waals surface area (Å²) in [6, 6.07) is 5.43. The number of fused-ring (bicyclic) bond motifs is 1. The van der Waals surface area contributed by atoms with Gasteiger partial charge in [0.1, 0.15) is 5.60 Å². The van der Waals surface area contributed by atoms with Gasteiger partial charge in [-0.15, -0.1) is 0 Å². The third kappa shape index (κ3) is 4.36. The highest BCUT2D eigenvalue weighted by Gasteiger charge is 2.35. The van der Waals surface area contributed by atoms with Gasteiger partial charge in [0.15, 0.2) is 0 Å². The summed E-state index contributed by atoms with van der Waals surface area (Å²) in [7, 11) is 0. The highest BCUT2D eigenvalue weighted by Crippen LogP contribution is 2.26. The second-order valence-electron chi connectivity index (χ2n) is 8.33. The first kappa shape index (κ1) is 18.7. The molecule has 142 valence electrons. The number of rotatable bonds is 3. The minimum Gasteiger partial charge on any atom is -0.444 e. The Morgan fingerprint density at radius 1 is 1.27 bits per heavy atom. The zero-order valence-electron chi connectivity index (χ0n) is 15.9. The van der Waals surface area contributed by atoms with Crippen LogP contribution in [0.4, 0.5) is 10.5 Å². The van der Waals surface area contributed by atoms with Crippen molar-refractivity contribution in [3.8, 4) is 0 Å². The molecule has 6 nitrogen and oxygen atoms in total. The quantitative estimate of drug-likeness (QED) is 0.869. The molecule has 0 aromatic heterocycles. The van der Waals surface area contributed by atoms with Gasteiger partial charge < -0.3 is 20.7 Å². The standard InChI is InChI=1S/C20H29N3O3/c1-20(2,3)26-19(25)23-10-9-15(12-23)17(21)18(24)22-16-8-7-13-5-4-6-14(13)11-16/h7-8,11,15,17H,4-6,9-10,12,21H2,1-3H3,(H,22,24). The summed E-state index contributed by atoms with van der Waals surface area (Å²) < 4.78 is 5.39. The van der Waals surface area contributed by atoms with Crippen molar-refractivity contribution in [3.05, 3.63) is 29.3 Å². The number of ether oxygens (including phenoxy) is 1. The fraction of sp³-hybridized carbons (Fsp3) is 0.600. The van der Waals surface area contributed by atoms with Crippen LogP contribution in [0.5, 0.6) is 0 Å². The molecule has 6 heteroatoms. The van der Waals surface area contributed by atoms with Gasteiger partial charge in [0.2, 0.25) is 5.91 Å². The summed E-state index contributed by atoms with van der Waals surface area (Å²) in [5.41, 5.74) is 9.14. The van der Waals surface area contributed by atoms with E-state index in [4.69, 9.17) is 10.5 Å². The number of hydrogen-bond donors (Lipinski definition) is 2. The van der Waals surface area contributed by atoms with E-state index in [1.807, 2.05) is 26.8 Å². The smallest absolute Gasteiger partial charge is 0.410 e. The van der Waals surface area contributed by atoms with Crippen LogP contribution in [0.1, 0.15) is 44.7 Å². The lowest BCUT2D eigenvalue weighted by Gasteiger charge is -2.25. The van der Waals surface area contributed by atoms with E-state index in [-0.39, 0.29) is 17.9 Å². The van der Waals surface area contributed by atoms with E-state index in [9.17, 15) is 9.59 Å². The molecule has 1 aromatic rings. The van der Waals surface area contributed by atoms with E-state index in [0.717, 1.165) is 18.5 Å². The number of anilines is 1. The largest absolute Gasteiger partial charge is 0.444 e. The van der Waals surface area contributed by atoms with Crippen molar-refractivity contribution in [3.63, 3.8) is 0 Å². The first-order valence-corrected chi connectivity index (χ1v) is 9.39. The molecular formula is C20H29N3O3. The lowest BCUT2D eigenvalue weighted by Crippen LogP contribution is -2.44. The molecule has 2 aliphatic rings. The Balaban J connectivity index is 1.55. The van der Waals surface area contributed by atoms with Gasteiger partial charge in [0.05, 0.1) is 6.04 Å². The second-order valence-corrected chi connectivity index (χ2v) is 8.33. The summed E-state index contributed by atoms with van der Waals surface area (Å²) in [5, 5.41) is 2.93. The van der Waals surface area contributed by atoms with Crippen LogP contribution in [-0.2, 0) is 22.4 Å². The van der Waals surface area contributed by atoms with Gasteiger partial charge in [-0.1, -0.05) is 6.07 Å². The average Bonchev–Trinajstić information content (AvgIpc) is 3.21. The molecule has 1 saturated heterocycles. The topological polar surface area (TPSA) is 84.7 Å². The maximum atomic E-state index is 12.5. The van der Waals surface area contributed by atoms with Gasteiger partial charge in [-0.05, 0) is 69.7 Å². The summed E-state index contributed by atoms with van der Waals surface area (Å²) >= 11 is 0. The summed E-state index contributed by atoms with van der Waals surface area (Å²) in [6.45, 7) is 6.55. The normalized spacial score (nSPS) is 20.6. The van der Waals surface area contributed by atoms with Gasteiger partial charge in [-0.3, -0.25) is 4.79 Å². The van der Waals surface area contributed by atoms with E-state index in [2.05, 4.69) is 17.4 Å². The first-order valence-electron chi connectivity index (χ1n) is 9.39. The maximum Gasteiger partial charge on any atom is 0.410 e. The predicted octanol–water partition coefficient (Wildman–Crippen LogP) is 2.70. The average molecular weight is 359 g/mol. The Kier molecular flexibility index (Phi) is 5.23. The van der Waals surface area contributed by atoms with Crippen molar-refractivity contribution in [2.45, 2.75) is 58.1 Å². The van der Waals surface area contributed by atoms with Crippen molar-refractivity contribution in [1.29, 1.82) is 0 Å². The van der Waals surface area contributed by atoms with Gasteiger partial charge in [0.25, 0.3) is 0 Å². The summed E-state index contributed by atoms with van der Waals surface area (Å²) in [5.74, 6) is -0.254. The fourth-order valence-corrected chi connectivity index (χ4v) is 3.66. The maximum absolute atomic E-state index is 12.5.